The summed E-state index contributed by atoms with van der Waals surface area (Å²) in [6.45, 7) is 5.96. The summed E-state index contributed by atoms with van der Waals surface area (Å²) in [4.78, 5) is 20.6. The minimum absolute atomic E-state index is 0.129. The van der Waals surface area contributed by atoms with Gasteiger partial charge in [0, 0.05) is 12.8 Å². The molecule has 2 fully saturated rings. The first kappa shape index (κ1) is 16.2. The zero-order valence-corrected chi connectivity index (χ0v) is 14.0. The van der Waals surface area contributed by atoms with Gasteiger partial charge in [0.25, 0.3) is 5.91 Å². The average Bonchev–Trinajstić information content (AvgIpc) is 3.33. The molecule has 1 saturated heterocycles. The van der Waals surface area contributed by atoms with Crippen LogP contribution in [0.4, 0.5) is 5.95 Å². The van der Waals surface area contributed by atoms with Crippen LogP contribution in [0.5, 0.6) is 0 Å². The summed E-state index contributed by atoms with van der Waals surface area (Å²) in [5, 5.41) is 3.32. The summed E-state index contributed by atoms with van der Waals surface area (Å²) in [6.07, 6.45) is 6.90. The molecular formula is C17H26N4O2. The SMILES string of the molecule is CC(C)(Cc1nc(N[C@H]2CCCOC2)ncc1C(N)=O)C1CC1. The first-order valence-corrected chi connectivity index (χ1v) is 8.46. The highest BCUT2D eigenvalue weighted by Crippen LogP contribution is 2.47. The normalized spacial score (nSPS) is 21.9. The van der Waals surface area contributed by atoms with Crippen molar-refractivity contribution in [1.82, 2.24) is 9.97 Å². The van der Waals surface area contributed by atoms with E-state index in [0.29, 0.717) is 24.0 Å². The van der Waals surface area contributed by atoms with Crippen molar-refractivity contribution in [3.8, 4) is 0 Å². The first-order chi connectivity index (χ1) is 11.0. The van der Waals surface area contributed by atoms with E-state index in [1.165, 1.54) is 12.8 Å². The van der Waals surface area contributed by atoms with Crippen molar-refractivity contribution < 1.29 is 9.53 Å². The molecule has 3 N–H and O–H groups in total. The number of hydrogen-bond donors (Lipinski definition) is 2. The molecule has 1 amide bonds. The van der Waals surface area contributed by atoms with Crippen LogP contribution in [0, 0.1) is 11.3 Å². The monoisotopic (exact) mass is 318 g/mol. The Morgan fingerprint density at radius 3 is 2.83 bits per heavy atom. The quantitative estimate of drug-likeness (QED) is 0.838. The third-order valence-corrected chi connectivity index (χ3v) is 4.93. The molecule has 1 aliphatic carbocycles. The van der Waals surface area contributed by atoms with E-state index in [0.717, 1.165) is 31.6 Å². The second kappa shape index (κ2) is 6.43. The summed E-state index contributed by atoms with van der Waals surface area (Å²) in [6, 6.07) is 0.229. The fourth-order valence-electron chi connectivity index (χ4n) is 3.31. The van der Waals surface area contributed by atoms with Crippen molar-refractivity contribution in [2.45, 2.75) is 52.0 Å². The van der Waals surface area contributed by atoms with E-state index in [-0.39, 0.29) is 11.5 Å². The molecule has 126 valence electrons. The Labute approximate surface area is 137 Å². The second-order valence-electron chi connectivity index (χ2n) is 7.42. The van der Waals surface area contributed by atoms with Crippen molar-refractivity contribution >= 4 is 11.9 Å². The van der Waals surface area contributed by atoms with Crippen molar-refractivity contribution in [2.75, 3.05) is 18.5 Å². The maximum absolute atomic E-state index is 11.7. The number of hydrogen-bond acceptors (Lipinski definition) is 5. The molecular weight excluding hydrogens is 292 g/mol. The molecule has 0 bridgehead atoms. The topological polar surface area (TPSA) is 90.1 Å². The Bertz CT molecular complexity index is 578. The number of rotatable bonds is 6. The highest BCUT2D eigenvalue weighted by Gasteiger charge is 2.38. The van der Waals surface area contributed by atoms with Crippen molar-refractivity contribution in [3.63, 3.8) is 0 Å². The van der Waals surface area contributed by atoms with Crippen molar-refractivity contribution in [1.29, 1.82) is 0 Å². The second-order valence-corrected chi connectivity index (χ2v) is 7.42. The molecule has 6 heteroatoms. The third-order valence-electron chi connectivity index (χ3n) is 4.93. The molecule has 6 nitrogen and oxygen atoms in total. The minimum Gasteiger partial charge on any atom is -0.379 e. The molecule has 0 radical (unpaired) electrons. The van der Waals surface area contributed by atoms with Gasteiger partial charge >= 0.3 is 0 Å². The smallest absolute Gasteiger partial charge is 0.252 e. The summed E-state index contributed by atoms with van der Waals surface area (Å²) in [5.41, 5.74) is 6.82. The van der Waals surface area contributed by atoms with Crippen LogP contribution in [-0.2, 0) is 11.2 Å². The Balaban J connectivity index is 1.79. The van der Waals surface area contributed by atoms with Gasteiger partial charge in [0.15, 0.2) is 0 Å². The van der Waals surface area contributed by atoms with E-state index >= 15 is 0 Å². The maximum atomic E-state index is 11.7. The fraction of sp³-hybridized carbons (Fsp3) is 0.706. The van der Waals surface area contributed by atoms with Gasteiger partial charge in [-0.3, -0.25) is 4.79 Å². The highest BCUT2D eigenvalue weighted by atomic mass is 16.5. The zero-order valence-electron chi connectivity index (χ0n) is 14.0. The number of nitrogens with two attached hydrogens (primary N) is 1. The Hall–Kier alpha value is -1.69. The first-order valence-electron chi connectivity index (χ1n) is 8.46. The van der Waals surface area contributed by atoms with E-state index in [2.05, 4.69) is 29.1 Å². The van der Waals surface area contributed by atoms with Gasteiger partial charge in [0.1, 0.15) is 0 Å². The van der Waals surface area contributed by atoms with E-state index < -0.39 is 5.91 Å². The van der Waals surface area contributed by atoms with Crippen LogP contribution in [0.1, 0.15) is 55.6 Å². The standard InChI is InChI=1S/C17H26N4O2/c1-17(2,11-5-6-11)8-14-13(15(18)22)9-19-16(21-14)20-12-4-3-7-23-10-12/h9,11-12H,3-8,10H2,1-2H3,(H2,18,22)(H,19,20,21)/t12-/m0/s1. The van der Waals surface area contributed by atoms with Gasteiger partial charge in [-0.1, -0.05) is 13.8 Å². The van der Waals surface area contributed by atoms with Crippen LogP contribution in [-0.4, -0.2) is 35.1 Å². The Morgan fingerprint density at radius 2 is 2.22 bits per heavy atom. The summed E-state index contributed by atoms with van der Waals surface area (Å²) in [7, 11) is 0. The third kappa shape index (κ3) is 3.99. The molecule has 0 aromatic carbocycles. The summed E-state index contributed by atoms with van der Waals surface area (Å²) >= 11 is 0. The van der Waals surface area contributed by atoms with Crippen LogP contribution >= 0.6 is 0 Å². The fourth-order valence-corrected chi connectivity index (χ4v) is 3.31. The number of nitrogens with zero attached hydrogens (tertiary/aromatic N) is 2. The number of carbonyl (C=O) groups is 1. The number of carbonyl (C=O) groups excluding carboxylic acids is 1. The zero-order chi connectivity index (χ0) is 16.4. The lowest BCUT2D eigenvalue weighted by atomic mass is 9.82. The van der Waals surface area contributed by atoms with Gasteiger partial charge in [0.2, 0.25) is 5.95 Å². The van der Waals surface area contributed by atoms with E-state index in [4.69, 9.17) is 10.5 Å². The summed E-state index contributed by atoms with van der Waals surface area (Å²) < 4.78 is 5.47. The molecule has 3 rings (SSSR count). The van der Waals surface area contributed by atoms with Gasteiger partial charge in [-0.25, -0.2) is 9.97 Å². The van der Waals surface area contributed by atoms with E-state index in [9.17, 15) is 4.79 Å². The summed E-state index contributed by atoms with van der Waals surface area (Å²) in [5.74, 6) is 0.813. The van der Waals surface area contributed by atoms with E-state index in [1.807, 2.05) is 0 Å². The minimum atomic E-state index is -0.459. The number of ether oxygens (including phenoxy) is 1. The number of primary amides is 1. The molecule has 2 aliphatic rings. The molecule has 1 aliphatic heterocycles. The van der Waals surface area contributed by atoms with Crippen LogP contribution in [0.15, 0.2) is 6.20 Å². The van der Waals surface area contributed by atoms with Crippen molar-refractivity contribution in [2.24, 2.45) is 17.1 Å². The van der Waals surface area contributed by atoms with Gasteiger partial charge in [0.05, 0.1) is 23.9 Å². The molecule has 2 heterocycles. The Morgan fingerprint density at radius 1 is 1.43 bits per heavy atom. The molecule has 1 aromatic rings. The molecule has 1 aromatic heterocycles. The van der Waals surface area contributed by atoms with Gasteiger partial charge < -0.3 is 15.8 Å². The average molecular weight is 318 g/mol. The largest absolute Gasteiger partial charge is 0.379 e. The number of anilines is 1. The van der Waals surface area contributed by atoms with Crippen molar-refractivity contribution in [3.05, 3.63) is 17.5 Å². The van der Waals surface area contributed by atoms with Gasteiger partial charge in [-0.2, -0.15) is 0 Å². The number of nitrogens with one attached hydrogen (secondary N) is 1. The molecule has 0 unspecified atom stereocenters. The van der Waals surface area contributed by atoms with Gasteiger partial charge in [-0.15, -0.1) is 0 Å². The predicted molar refractivity (Wildman–Crippen MR) is 88.2 cm³/mol. The lowest BCUT2D eigenvalue weighted by molar-refractivity contribution is 0.0873. The van der Waals surface area contributed by atoms with Crippen LogP contribution < -0.4 is 11.1 Å². The molecule has 1 atom stereocenters. The maximum Gasteiger partial charge on any atom is 0.252 e. The van der Waals surface area contributed by atoms with E-state index in [1.54, 1.807) is 6.20 Å². The lowest BCUT2D eigenvalue weighted by Crippen LogP contribution is -2.31. The van der Waals surface area contributed by atoms with Crippen LogP contribution in [0.25, 0.3) is 0 Å². The highest BCUT2D eigenvalue weighted by molar-refractivity contribution is 5.93. The van der Waals surface area contributed by atoms with Crippen LogP contribution in [0.3, 0.4) is 0 Å². The lowest BCUT2D eigenvalue weighted by Gasteiger charge is -2.26. The number of amides is 1. The van der Waals surface area contributed by atoms with Gasteiger partial charge in [-0.05, 0) is 43.4 Å². The molecule has 1 saturated carbocycles. The molecule has 0 spiro atoms. The predicted octanol–water partition coefficient (Wildman–Crippen LogP) is 2.15. The Kier molecular flexibility index (Phi) is 4.53. The number of aromatic nitrogens is 2. The van der Waals surface area contributed by atoms with Crippen LogP contribution in [0.2, 0.25) is 0 Å². The molecule has 23 heavy (non-hydrogen) atoms.